The van der Waals surface area contributed by atoms with Crippen LogP contribution in [0.1, 0.15) is 29.9 Å². The van der Waals surface area contributed by atoms with E-state index in [0.29, 0.717) is 19.1 Å². The lowest BCUT2D eigenvalue weighted by atomic mass is 9.94. The van der Waals surface area contributed by atoms with Crippen LogP contribution < -0.4 is 0 Å². The van der Waals surface area contributed by atoms with Crippen LogP contribution in [-0.2, 0) is 24.2 Å². The Balaban J connectivity index is 1.61. The van der Waals surface area contributed by atoms with E-state index in [1.54, 1.807) is 13.2 Å². The number of aryl methyl sites for hydroxylation is 1. The van der Waals surface area contributed by atoms with E-state index < -0.39 is 11.6 Å². The molecule has 26 heavy (non-hydrogen) atoms. The van der Waals surface area contributed by atoms with Gasteiger partial charge >= 0.3 is 0 Å². The highest BCUT2D eigenvalue weighted by Crippen LogP contribution is 2.23. The fraction of sp³-hybridized carbons (Fsp3) is 0.550. The number of hydrogen-bond donors (Lipinski definition) is 0. The predicted octanol–water partition coefficient (Wildman–Crippen LogP) is 3.57. The van der Waals surface area contributed by atoms with Crippen LogP contribution in [0.4, 0.5) is 8.78 Å². The van der Waals surface area contributed by atoms with Crippen molar-refractivity contribution in [2.24, 2.45) is 5.92 Å². The Morgan fingerprint density at radius 2 is 2.12 bits per heavy atom. The van der Waals surface area contributed by atoms with Crippen molar-refractivity contribution in [3.8, 4) is 0 Å². The minimum atomic E-state index is -0.788. The average Bonchev–Trinajstić information content (AvgIpc) is 2.96. The van der Waals surface area contributed by atoms with Crippen LogP contribution in [0, 0.1) is 24.5 Å². The molecule has 2 heterocycles. The maximum atomic E-state index is 13.4. The van der Waals surface area contributed by atoms with Crippen LogP contribution in [0.2, 0.25) is 0 Å². The third kappa shape index (κ3) is 4.68. The molecule has 142 valence electrons. The first kappa shape index (κ1) is 19.0. The summed E-state index contributed by atoms with van der Waals surface area (Å²) >= 11 is 0. The normalized spacial score (nSPS) is 18.4. The number of rotatable bonds is 7. The van der Waals surface area contributed by atoms with Gasteiger partial charge in [-0.3, -0.25) is 4.90 Å². The maximum absolute atomic E-state index is 13.4. The molecule has 0 amide bonds. The van der Waals surface area contributed by atoms with Gasteiger partial charge in [0.25, 0.3) is 0 Å². The van der Waals surface area contributed by atoms with Crippen LogP contribution in [-0.4, -0.2) is 41.3 Å². The van der Waals surface area contributed by atoms with Crippen LogP contribution in [0.3, 0.4) is 0 Å². The molecule has 6 heteroatoms. The fourth-order valence-corrected chi connectivity index (χ4v) is 3.78. The monoisotopic (exact) mass is 363 g/mol. The zero-order valence-corrected chi connectivity index (χ0v) is 15.5. The Morgan fingerprint density at radius 1 is 1.27 bits per heavy atom. The van der Waals surface area contributed by atoms with Crippen molar-refractivity contribution in [3.63, 3.8) is 0 Å². The molecule has 0 N–H and O–H groups in total. The Bertz CT molecular complexity index is 732. The summed E-state index contributed by atoms with van der Waals surface area (Å²) in [7, 11) is 1.71. The SMILES string of the molecule is COCCn1c(C)cnc1CC1CCCN(Cc2ccc(F)c(F)c2)C1. The zero-order chi connectivity index (χ0) is 18.5. The number of hydrogen-bond acceptors (Lipinski definition) is 3. The molecule has 0 radical (unpaired) electrons. The van der Waals surface area contributed by atoms with Gasteiger partial charge in [0.05, 0.1) is 6.61 Å². The smallest absolute Gasteiger partial charge is 0.159 e. The molecule has 1 saturated heterocycles. The molecule has 1 unspecified atom stereocenters. The van der Waals surface area contributed by atoms with Crippen LogP contribution >= 0.6 is 0 Å². The molecule has 1 aliphatic heterocycles. The first-order chi connectivity index (χ1) is 12.6. The van der Waals surface area contributed by atoms with E-state index in [1.807, 2.05) is 6.20 Å². The van der Waals surface area contributed by atoms with Gasteiger partial charge < -0.3 is 9.30 Å². The van der Waals surface area contributed by atoms with Gasteiger partial charge in [-0.2, -0.15) is 0 Å². The van der Waals surface area contributed by atoms with Gasteiger partial charge in [-0.15, -0.1) is 0 Å². The largest absolute Gasteiger partial charge is 0.383 e. The third-order valence-electron chi connectivity index (χ3n) is 5.12. The van der Waals surface area contributed by atoms with E-state index >= 15 is 0 Å². The molecule has 1 aromatic heterocycles. The maximum Gasteiger partial charge on any atom is 0.159 e. The molecule has 1 aliphatic rings. The van der Waals surface area contributed by atoms with E-state index in [1.165, 1.54) is 18.6 Å². The number of nitrogens with zero attached hydrogens (tertiary/aromatic N) is 3. The van der Waals surface area contributed by atoms with Crippen molar-refractivity contribution in [2.75, 3.05) is 26.8 Å². The quantitative estimate of drug-likeness (QED) is 0.753. The number of likely N-dealkylation sites (tertiary alicyclic amines) is 1. The molecular weight excluding hydrogens is 336 g/mol. The number of methoxy groups -OCH3 is 1. The number of benzene rings is 1. The number of aromatic nitrogens is 2. The van der Waals surface area contributed by atoms with E-state index in [-0.39, 0.29) is 0 Å². The topological polar surface area (TPSA) is 30.3 Å². The van der Waals surface area contributed by atoms with Crippen molar-refractivity contribution >= 4 is 0 Å². The fourth-order valence-electron chi connectivity index (χ4n) is 3.78. The van der Waals surface area contributed by atoms with Gasteiger partial charge in [-0.25, -0.2) is 13.8 Å². The highest BCUT2D eigenvalue weighted by molar-refractivity contribution is 5.17. The van der Waals surface area contributed by atoms with Crippen molar-refractivity contribution in [3.05, 3.63) is 53.1 Å². The first-order valence-corrected chi connectivity index (χ1v) is 9.23. The Kier molecular flexibility index (Phi) is 6.38. The standard InChI is InChI=1S/C20H27F2N3O/c1-15-12-23-20(25(15)8-9-26-2)11-16-4-3-7-24(13-16)14-17-5-6-18(21)19(22)10-17/h5-6,10,12,16H,3-4,7-9,11,13-14H2,1-2H3. The van der Waals surface area contributed by atoms with Crippen LogP contribution in [0.15, 0.2) is 24.4 Å². The molecule has 1 fully saturated rings. The van der Waals surface area contributed by atoms with Gasteiger partial charge in [0.1, 0.15) is 5.82 Å². The molecule has 1 aromatic carbocycles. The number of imidazole rings is 1. The summed E-state index contributed by atoms with van der Waals surface area (Å²) in [6.07, 6.45) is 5.15. The van der Waals surface area contributed by atoms with Gasteiger partial charge in [0.15, 0.2) is 11.6 Å². The van der Waals surface area contributed by atoms with Crippen molar-refractivity contribution in [2.45, 2.75) is 39.3 Å². The molecule has 4 nitrogen and oxygen atoms in total. The lowest BCUT2D eigenvalue weighted by Crippen LogP contribution is -2.36. The van der Waals surface area contributed by atoms with Crippen molar-refractivity contribution in [1.82, 2.24) is 14.5 Å². The highest BCUT2D eigenvalue weighted by atomic mass is 19.2. The van der Waals surface area contributed by atoms with Gasteiger partial charge in [0.2, 0.25) is 0 Å². The van der Waals surface area contributed by atoms with E-state index in [0.717, 1.165) is 49.6 Å². The van der Waals surface area contributed by atoms with Gasteiger partial charge in [0, 0.05) is 45.1 Å². The second kappa shape index (κ2) is 8.73. The lowest BCUT2D eigenvalue weighted by molar-refractivity contribution is 0.162. The summed E-state index contributed by atoms with van der Waals surface area (Å²) in [5.41, 5.74) is 1.98. The van der Waals surface area contributed by atoms with E-state index in [9.17, 15) is 8.78 Å². The van der Waals surface area contributed by atoms with Crippen molar-refractivity contribution < 1.29 is 13.5 Å². The summed E-state index contributed by atoms with van der Waals surface area (Å²) in [6, 6.07) is 4.18. The summed E-state index contributed by atoms with van der Waals surface area (Å²) in [4.78, 5) is 6.92. The van der Waals surface area contributed by atoms with Gasteiger partial charge in [-0.1, -0.05) is 6.07 Å². The van der Waals surface area contributed by atoms with E-state index in [4.69, 9.17) is 4.74 Å². The van der Waals surface area contributed by atoms with Crippen LogP contribution in [0.5, 0.6) is 0 Å². The average molecular weight is 363 g/mol. The number of ether oxygens (including phenoxy) is 1. The first-order valence-electron chi connectivity index (χ1n) is 9.23. The minimum absolute atomic E-state index is 0.525. The molecule has 0 bridgehead atoms. The van der Waals surface area contributed by atoms with Gasteiger partial charge in [-0.05, 0) is 49.9 Å². The summed E-state index contributed by atoms with van der Waals surface area (Å²) in [5, 5.41) is 0. The summed E-state index contributed by atoms with van der Waals surface area (Å²) < 4.78 is 34.0. The molecule has 0 saturated carbocycles. The molecule has 2 aromatic rings. The second-order valence-electron chi connectivity index (χ2n) is 7.16. The summed E-state index contributed by atoms with van der Waals surface area (Å²) in [6.45, 7) is 6.18. The number of halogens is 2. The number of piperidine rings is 1. The Hall–Kier alpha value is -1.79. The van der Waals surface area contributed by atoms with Crippen molar-refractivity contribution in [1.29, 1.82) is 0 Å². The molecule has 0 spiro atoms. The third-order valence-corrected chi connectivity index (χ3v) is 5.12. The van der Waals surface area contributed by atoms with Crippen LogP contribution in [0.25, 0.3) is 0 Å². The minimum Gasteiger partial charge on any atom is -0.383 e. The molecule has 3 rings (SSSR count). The Labute approximate surface area is 153 Å². The second-order valence-corrected chi connectivity index (χ2v) is 7.16. The molecule has 0 aliphatic carbocycles. The highest BCUT2D eigenvalue weighted by Gasteiger charge is 2.22. The predicted molar refractivity (Wildman–Crippen MR) is 96.9 cm³/mol. The molecule has 1 atom stereocenters. The lowest BCUT2D eigenvalue weighted by Gasteiger charge is -2.32. The van der Waals surface area contributed by atoms with E-state index in [2.05, 4.69) is 21.4 Å². The Morgan fingerprint density at radius 3 is 2.88 bits per heavy atom. The summed E-state index contributed by atoms with van der Waals surface area (Å²) in [5.74, 6) is 0.0756. The molecular formula is C20H27F2N3O. The zero-order valence-electron chi connectivity index (χ0n) is 15.5.